The summed E-state index contributed by atoms with van der Waals surface area (Å²) >= 11 is 0. The highest BCUT2D eigenvalue weighted by molar-refractivity contribution is 6.13. The minimum absolute atomic E-state index is 0.249. The minimum atomic E-state index is -1.49. The van der Waals surface area contributed by atoms with Crippen molar-refractivity contribution in [3.63, 3.8) is 0 Å². The van der Waals surface area contributed by atoms with Crippen molar-refractivity contribution >= 4 is 17.7 Å². The fourth-order valence-corrected chi connectivity index (χ4v) is 2.14. The third kappa shape index (κ3) is 4.78. The number of benzene rings is 2. The first kappa shape index (κ1) is 17.4. The van der Waals surface area contributed by atoms with Crippen molar-refractivity contribution in [3.8, 4) is 0 Å². The Bertz CT molecular complexity index is 723. The molecule has 2 aromatic rings. The number of hydrogen-bond acceptors (Lipinski definition) is 4. The number of carbonyl (C=O) groups excluding carboxylic acids is 3. The van der Waals surface area contributed by atoms with Crippen molar-refractivity contribution in [3.05, 3.63) is 71.3 Å². The molecule has 1 unspecified atom stereocenters. The summed E-state index contributed by atoms with van der Waals surface area (Å²) < 4.78 is 4.95. The summed E-state index contributed by atoms with van der Waals surface area (Å²) in [5, 5.41) is 2.63. The van der Waals surface area contributed by atoms with Gasteiger partial charge in [0.25, 0.3) is 5.91 Å². The molecule has 1 atom stereocenters. The number of carbonyl (C=O) groups is 3. The average molecular weight is 325 g/mol. The van der Waals surface area contributed by atoms with Crippen molar-refractivity contribution in [2.24, 2.45) is 0 Å². The number of ether oxygens (including phenoxy) is 1. The van der Waals surface area contributed by atoms with Gasteiger partial charge in [0, 0.05) is 19.0 Å². The van der Waals surface area contributed by atoms with Crippen LogP contribution in [0.3, 0.4) is 0 Å². The van der Waals surface area contributed by atoms with E-state index in [9.17, 15) is 14.4 Å². The van der Waals surface area contributed by atoms with Crippen LogP contribution in [0.5, 0.6) is 0 Å². The van der Waals surface area contributed by atoms with Crippen LogP contribution in [0.4, 0.5) is 0 Å². The number of ketones is 1. The van der Waals surface area contributed by atoms with E-state index in [-0.39, 0.29) is 6.54 Å². The summed E-state index contributed by atoms with van der Waals surface area (Å²) in [5.41, 5.74) is 2.20. The Labute approximate surface area is 140 Å². The number of amides is 1. The second-order valence-electron chi connectivity index (χ2n) is 5.42. The topological polar surface area (TPSA) is 72.5 Å². The van der Waals surface area contributed by atoms with Gasteiger partial charge in [-0.3, -0.25) is 14.4 Å². The Balaban J connectivity index is 2.11. The van der Waals surface area contributed by atoms with E-state index in [0.717, 1.165) is 11.1 Å². The standard InChI is InChI=1S/C19H19NO4/c1-13-8-10-16(11-9-13)17(22)18(24-14(2)21)19(23)20-12-15-6-4-3-5-7-15/h3-11,18H,12H2,1-2H3,(H,20,23). The Hall–Kier alpha value is -2.95. The van der Waals surface area contributed by atoms with Crippen LogP contribution in [0.1, 0.15) is 28.4 Å². The molecule has 1 N–H and O–H groups in total. The molecule has 124 valence electrons. The van der Waals surface area contributed by atoms with Gasteiger partial charge >= 0.3 is 5.97 Å². The molecule has 5 heteroatoms. The zero-order valence-electron chi connectivity index (χ0n) is 13.6. The van der Waals surface area contributed by atoms with Gasteiger partial charge in [0.15, 0.2) is 0 Å². The lowest BCUT2D eigenvalue weighted by atomic mass is 10.0. The van der Waals surface area contributed by atoms with Crippen LogP contribution in [0.15, 0.2) is 54.6 Å². The molecule has 0 radical (unpaired) electrons. The largest absolute Gasteiger partial charge is 0.444 e. The van der Waals surface area contributed by atoms with Gasteiger partial charge in [-0.25, -0.2) is 0 Å². The zero-order valence-corrected chi connectivity index (χ0v) is 13.6. The fraction of sp³-hybridized carbons (Fsp3) is 0.211. The van der Waals surface area contributed by atoms with Gasteiger partial charge in [0.1, 0.15) is 0 Å². The van der Waals surface area contributed by atoms with E-state index in [1.165, 1.54) is 6.92 Å². The van der Waals surface area contributed by atoms with Crippen molar-refractivity contribution in [2.75, 3.05) is 0 Å². The highest BCUT2D eigenvalue weighted by Gasteiger charge is 2.30. The zero-order chi connectivity index (χ0) is 17.5. The second kappa shape index (κ2) is 8.06. The molecule has 0 saturated carbocycles. The van der Waals surface area contributed by atoms with Crippen molar-refractivity contribution in [1.29, 1.82) is 0 Å². The van der Waals surface area contributed by atoms with Crippen LogP contribution in [0.2, 0.25) is 0 Å². The molecular weight excluding hydrogens is 306 g/mol. The predicted molar refractivity (Wildman–Crippen MR) is 89.4 cm³/mol. The molecule has 1 amide bonds. The van der Waals surface area contributed by atoms with E-state index in [1.807, 2.05) is 37.3 Å². The van der Waals surface area contributed by atoms with Gasteiger partial charge in [-0.2, -0.15) is 0 Å². The Morgan fingerprint density at radius 3 is 2.21 bits per heavy atom. The third-order valence-corrected chi connectivity index (χ3v) is 3.41. The first-order valence-corrected chi connectivity index (χ1v) is 7.57. The molecule has 0 aliphatic rings. The number of aryl methyl sites for hydroxylation is 1. The van der Waals surface area contributed by atoms with Gasteiger partial charge in [-0.1, -0.05) is 60.2 Å². The first-order chi connectivity index (χ1) is 11.5. The lowest BCUT2D eigenvalue weighted by Crippen LogP contribution is -2.42. The molecule has 5 nitrogen and oxygen atoms in total. The van der Waals surface area contributed by atoms with Gasteiger partial charge in [0.05, 0.1) is 0 Å². The van der Waals surface area contributed by atoms with Crippen LogP contribution < -0.4 is 5.32 Å². The monoisotopic (exact) mass is 325 g/mol. The number of rotatable bonds is 6. The summed E-state index contributed by atoms with van der Waals surface area (Å²) in [4.78, 5) is 36.1. The van der Waals surface area contributed by atoms with Gasteiger partial charge in [0.2, 0.25) is 11.9 Å². The molecule has 0 heterocycles. The van der Waals surface area contributed by atoms with E-state index >= 15 is 0 Å². The maximum Gasteiger partial charge on any atom is 0.303 e. The summed E-state index contributed by atoms with van der Waals surface area (Å²) in [7, 11) is 0. The summed E-state index contributed by atoms with van der Waals surface area (Å²) in [5.74, 6) is -1.87. The van der Waals surface area contributed by atoms with Gasteiger partial charge in [-0.15, -0.1) is 0 Å². The maximum atomic E-state index is 12.5. The Morgan fingerprint density at radius 1 is 1.00 bits per heavy atom. The molecule has 0 fully saturated rings. The summed E-state index contributed by atoms with van der Waals surface area (Å²) in [6.45, 7) is 3.31. The van der Waals surface area contributed by atoms with E-state index < -0.39 is 23.8 Å². The normalized spacial score (nSPS) is 11.4. The SMILES string of the molecule is CC(=O)OC(C(=O)NCc1ccccc1)C(=O)c1ccc(C)cc1. The molecule has 0 saturated heterocycles. The van der Waals surface area contributed by atoms with E-state index in [4.69, 9.17) is 4.74 Å². The minimum Gasteiger partial charge on any atom is -0.444 e. The smallest absolute Gasteiger partial charge is 0.303 e. The van der Waals surface area contributed by atoms with E-state index in [2.05, 4.69) is 5.32 Å². The second-order valence-corrected chi connectivity index (χ2v) is 5.42. The van der Waals surface area contributed by atoms with Crippen LogP contribution in [0.25, 0.3) is 0 Å². The highest BCUT2D eigenvalue weighted by atomic mass is 16.5. The quantitative estimate of drug-likeness (QED) is 0.503. The molecule has 0 bridgehead atoms. The van der Waals surface area contributed by atoms with Crippen molar-refractivity contribution in [1.82, 2.24) is 5.32 Å². The molecule has 24 heavy (non-hydrogen) atoms. The van der Waals surface area contributed by atoms with Gasteiger partial charge in [-0.05, 0) is 12.5 Å². The molecule has 2 aromatic carbocycles. The lowest BCUT2D eigenvalue weighted by Gasteiger charge is -2.16. The predicted octanol–water partition coefficient (Wildman–Crippen LogP) is 2.43. The number of esters is 1. The molecular formula is C19H19NO4. The number of nitrogens with one attached hydrogen (secondary N) is 1. The van der Waals surface area contributed by atoms with Crippen molar-refractivity contribution in [2.45, 2.75) is 26.5 Å². The van der Waals surface area contributed by atoms with Crippen LogP contribution in [-0.2, 0) is 20.9 Å². The van der Waals surface area contributed by atoms with E-state index in [0.29, 0.717) is 5.56 Å². The molecule has 0 aliphatic carbocycles. The Morgan fingerprint density at radius 2 is 1.62 bits per heavy atom. The Kier molecular flexibility index (Phi) is 5.84. The molecule has 0 aliphatic heterocycles. The van der Waals surface area contributed by atoms with Crippen LogP contribution in [-0.4, -0.2) is 23.8 Å². The van der Waals surface area contributed by atoms with E-state index in [1.54, 1.807) is 24.3 Å². The lowest BCUT2D eigenvalue weighted by molar-refractivity contribution is -0.151. The molecule has 2 rings (SSSR count). The van der Waals surface area contributed by atoms with Crippen LogP contribution in [0, 0.1) is 6.92 Å². The van der Waals surface area contributed by atoms with Gasteiger partial charge < -0.3 is 10.1 Å². The number of hydrogen-bond donors (Lipinski definition) is 1. The maximum absolute atomic E-state index is 12.5. The third-order valence-electron chi connectivity index (χ3n) is 3.41. The summed E-state index contributed by atoms with van der Waals surface area (Å²) in [6.07, 6.45) is -1.49. The fourth-order valence-electron chi connectivity index (χ4n) is 2.14. The first-order valence-electron chi connectivity index (χ1n) is 7.57. The van der Waals surface area contributed by atoms with Crippen molar-refractivity contribution < 1.29 is 19.1 Å². The molecule has 0 spiro atoms. The number of Topliss-reactive ketones (excluding diaryl/α,β-unsaturated/α-hetero) is 1. The summed E-state index contributed by atoms with van der Waals surface area (Å²) in [6, 6.07) is 16.0. The highest BCUT2D eigenvalue weighted by Crippen LogP contribution is 2.10. The van der Waals surface area contributed by atoms with Crippen LogP contribution >= 0.6 is 0 Å². The molecule has 0 aromatic heterocycles. The average Bonchev–Trinajstić information content (AvgIpc) is 2.58.